The molecule has 0 bridgehead atoms. The van der Waals surface area contributed by atoms with E-state index in [1.807, 2.05) is 64.1 Å². The standard InChI is InChI=1S/2C7H8.2C5H6S.2C2H6/c2*1-7-5-3-2-4-6-7;2*1-5-3-2-4-6-5;2*1-2/h2*2-6H,1H3;2*2-4H,1H3;2*1-2H3. The summed E-state index contributed by atoms with van der Waals surface area (Å²) in [6.45, 7) is 16.4. The van der Waals surface area contributed by atoms with Crippen LogP contribution in [-0.2, 0) is 0 Å². The number of aryl methyl sites for hydroxylation is 4. The van der Waals surface area contributed by atoms with Gasteiger partial charge in [-0.25, -0.2) is 0 Å². The Morgan fingerprint density at radius 3 is 0.800 bits per heavy atom. The summed E-state index contributed by atoms with van der Waals surface area (Å²) in [6, 6.07) is 28.8. The molecule has 0 N–H and O–H groups in total. The molecule has 0 unspecified atom stereocenters. The molecule has 4 aromatic rings. The van der Waals surface area contributed by atoms with Gasteiger partial charge in [0.15, 0.2) is 0 Å². The predicted octanol–water partition coefficient (Wildman–Crippen LogP) is 10.2. The molecule has 0 atom stereocenters. The molecule has 2 heteroatoms. The van der Waals surface area contributed by atoms with Crippen molar-refractivity contribution >= 4 is 22.7 Å². The number of hydrogen-bond acceptors (Lipinski definition) is 2. The van der Waals surface area contributed by atoms with Crippen LogP contribution in [0.25, 0.3) is 0 Å². The van der Waals surface area contributed by atoms with Crippen LogP contribution >= 0.6 is 22.7 Å². The van der Waals surface area contributed by atoms with Crippen molar-refractivity contribution in [3.63, 3.8) is 0 Å². The first kappa shape index (κ1) is 30.0. The Labute approximate surface area is 194 Å². The van der Waals surface area contributed by atoms with Crippen LogP contribution in [0.3, 0.4) is 0 Å². The molecular weight excluding hydrogens is 400 g/mol. The van der Waals surface area contributed by atoms with Crippen LogP contribution in [0.5, 0.6) is 0 Å². The SMILES string of the molecule is CC.CC.Cc1ccccc1.Cc1ccccc1.Cc1cccs1.Cc1cccs1. The van der Waals surface area contributed by atoms with E-state index in [9.17, 15) is 0 Å². The molecule has 0 amide bonds. The molecule has 2 aromatic heterocycles. The Kier molecular flexibility index (Phi) is 23.2. The molecule has 0 aliphatic carbocycles. The molecule has 2 heterocycles. The molecule has 0 aliphatic rings. The lowest BCUT2D eigenvalue weighted by atomic mass is 10.2. The van der Waals surface area contributed by atoms with Crippen molar-refractivity contribution in [1.29, 1.82) is 0 Å². The highest BCUT2D eigenvalue weighted by Crippen LogP contribution is 2.04. The molecule has 0 saturated carbocycles. The van der Waals surface area contributed by atoms with Crippen molar-refractivity contribution in [2.24, 2.45) is 0 Å². The molecule has 164 valence electrons. The molecule has 0 nitrogen and oxygen atoms in total. The lowest BCUT2D eigenvalue weighted by molar-refractivity contribution is 1.48. The Morgan fingerprint density at radius 2 is 0.700 bits per heavy atom. The molecule has 0 spiro atoms. The molecule has 0 radical (unpaired) electrons. The van der Waals surface area contributed by atoms with Gasteiger partial charge in [0, 0.05) is 9.75 Å². The van der Waals surface area contributed by atoms with Gasteiger partial charge >= 0.3 is 0 Å². The van der Waals surface area contributed by atoms with E-state index in [4.69, 9.17) is 0 Å². The molecule has 0 fully saturated rings. The summed E-state index contributed by atoms with van der Waals surface area (Å²) in [5, 5.41) is 4.16. The number of thiophene rings is 2. The summed E-state index contributed by atoms with van der Waals surface area (Å²) in [5.41, 5.74) is 2.64. The maximum absolute atomic E-state index is 2.10. The Hall–Kier alpha value is -2.16. The average molecular weight is 441 g/mol. The van der Waals surface area contributed by atoms with E-state index >= 15 is 0 Å². The van der Waals surface area contributed by atoms with Crippen molar-refractivity contribution < 1.29 is 0 Å². The van der Waals surface area contributed by atoms with E-state index in [-0.39, 0.29) is 0 Å². The van der Waals surface area contributed by atoms with Gasteiger partial charge in [0.05, 0.1) is 0 Å². The third-order valence-corrected chi connectivity index (χ3v) is 4.81. The molecule has 4 rings (SSSR count). The highest BCUT2D eigenvalue weighted by Gasteiger charge is 1.75. The van der Waals surface area contributed by atoms with Crippen LogP contribution < -0.4 is 0 Å². The van der Waals surface area contributed by atoms with Crippen molar-refractivity contribution in [1.82, 2.24) is 0 Å². The zero-order valence-corrected chi connectivity index (χ0v) is 21.7. The topological polar surface area (TPSA) is 0 Å². The maximum Gasteiger partial charge on any atom is 0.00141 e. The van der Waals surface area contributed by atoms with Crippen LogP contribution in [-0.4, -0.2) is 0 Å². The zero-order chi connectivity index (χ0) is 23.0. The molecule has 2 aromatic carbocycles. The second kappa shape index (κ2) is 23.1. The largest absolute Gasteiger partial charge is 0.149 e. The molecule has 0 saturated heterocycles. The second-order valence-electron chi connectivity index (χ2n) is 5.76. The summed E-state index contributed by atoms with van der Waals surface area (Å²) < 4.78 is 0. The number of hydrogen-bond donors (Lipinski definition) is 0. The molecule has 0 aliphatic heterocycles. The third-order valence-electron chi connectivity index (χ3n) is 3.21. The van der Waals surface area contributed by atoms with Crippen molar-refractivity contribution in [2.45, 2.75) is 55.4 Å². The zero-order valence-electron chi connectivity index (χ0n) is 20.1. The van der Waals surface area contributed by atoms with E-state index in [0.29, 0.717) is 0 Å². The van der Waals surface area contributed by atoms with Gasteiger partial charge in [-0.1, -0.05) is 112 Å². The predicted molar refractivity (Wildman–Crippen MR) is 143 cm³/mol. The van der Waals surface area contributed by atoms with Crippen molar-refractivity contribution in [3.05, 3.63) is 117 Å². The van der Waals surface area contributed by atoms with Gasteiger partial charge in [0.25, 0.3) is 0 Å². The highest BCUT2D eigenvalue weighted by molar-refractivity contribution is 7.10. The van der Waals surface area contributed by atoms with Gasteiger partial charge in [0.1, 0.15) is 0 Å². The lowest BCUT2D eigenvalue weighted by Gasteiger charge is -1.82. The Bertz CT molecular complexity index is 686. The third kappa shape index (κ3) is 20.6. The fourth-order valence-electron chi connectivity index (χ4n) is 1.79. The summed E-state index contributed by atoms with van der Waals surface area (Å²) >= 11 is 3.56. The fourth-order valence-corrected chi connectivity index (χ4v) is 2.85. The van der Waals surface area contributed by atoms with Crippen LogP contribution in [0.2, 0.25) is 0 Å². The number of benzene rings is 2. The summed E-state index contributed by atoms with van der Waals surface area (Å²) in [6.07, 6.45) is 0. The first-order valence-electron chi connectivity index (χ1n) is 10.6. The summed E-state index contributed by atoms with van der Waals surface area (Å²) in [4.78, 5) is 2.77. The van der Waals surface area contributed by atoms with E-state index in [2.05, 4.69) is 87.0 Å². The van der Waals surface area contributed by atoms with Crippen LogP contribution in [0.15, 0.2) is 95.7 Å². The van der Waals surface area contributed by atoms with Gasteiger partial charge < -0.3 is 0 Å². The number of rotatable bonds is 0. The monoisotopic (exact) mass is 440 g/mol. The van der Waals surface area contributed by atoms with E-state index in [1.54, 1.807) is 22.7 Å². The first-order chi connectivity index (χ1) is 14.6. The maximum atomic E-state index is 2.10. The fraction of sp³-hybridized carbons (Fsp3) is 0.286. The lowest BCUT2D eigenvalue weighted by Crippen LogP contribution is -1.62. The van der Waals surface area contributed by atoms with Crippen LogP contribution in [0.1, 0.15) is 48.6 Å². The van der Waals surface area contributed by atoms with Crippen molar-refractivity contribution in [3.8, 4) is 0 Å². The van der Waals surface area contributed by atoms with E-state index < -0.39 is 0 Å². The Balaban J connectivity index is 0. The van der Waals surface area contributed by atoms with E-state index in [0.717, 1.165) is 0 Å². The van der Waals surface area contributed by atoms with Crippen LogP contribution in [0, 0.1) is 27.7 Å². The first-order valence-corrected chi connectivity index (χ1v) is 12.4. The Morgan fingerprint density at radius 1 is 0.400 bits per heavy atom. The van der Waals surface area contributed by atoms with Gasteiger partial charge in [-0.3, -0.25) is 0 Å². The average Bonchev–Trinajstić information content (AvgIpc) is 3.47. The minimum atomic E-state index is 1.32. The van der Waals surface area contributed by atoms with Crippen molar-refractivity contribution in [2.75, 3.05) is 0 Å². The highest BCUT2D eigenvalue weighted by atomic mass is 32.1. The van der Waals surface area contributed by atoms with Gasteiger partial charge in [-0.2, -0.15) is 0 Å². The quantitative estimate of drug-likeness (QED) is 0.255. The van der Waals surface area contributed by atoms with Crippen LogP contribution in [0.4, 0.5) is 0 Å². The van der Waals surface area contributed by atoms with Gasteiger partial charge in [-0.05, 0) is 50.6 Å². The van der Waals surface area contributed by atoms with Gasteiger partial charge in [0.2, 0.25) is 0 Å². The molecular formula is C28H40S2. The normalized spacial score (nSPS) is 8.00. The second-order valence-corrected chi connectivity index (χ2v) is 8.06. The van der Waals surface area contributed by atoms with E-state index in [1.165, 1.54) is 20.9 Å². The summed E-state index contributed by atoms with van der Waals surface area (Å²) in [5.74, 6) is 0. The van der Waals surface area contributed by atoms with Gasteiger partial charge in [-0.15, -0.1) is 22.7 Å². The smallest absolute Gasteiger partial charge is 0.00141 e. The summed E-state index contributed by atoms with van der Waals surface area (Å²) in [7, 11) is 0. The minimum Gasteiger partial charge on any atom is -0.149 e. The minimum absolute atomic E-state index is 1.32. The molecule has 30 heavy (non-hydrogen) atoms.